The molecule has 7 nitrogen and oxygen atoms in total. The molecule has 4 rings (SSSR count). The van der Waals surface area contributed by atoms with E-state index < -0.39 is 0 Å². The Hall–Kier alpha value is -2.44. The van der Waals surface area contributed by atoms with E-state index in [1.165, 1.54) is 6.42 Å². The quantitative estimate of drug-likeness (QED) is 0.831. The van der Waals surface area contributed by atoms with Gasteiger partial charge in [-0.3, -0.25) is 9.48 Å². The molecule has 1 amide bonds. The lowest BCUT2D eigenvalue weighted by Crippen LogP contribution is -2.39. The van der Waals surface area contributed by atoms with Crippen molar-refractivity contribution in [3.63, 3.8) is 0 Å². The van der Waals surface area contributed by atoms with Gasteiger partial charge in [0.05, 0.1) is 0 Å². The number of anilines is 1. The van der Waals surface area contributed by atoms with Crippen LogP contribution in [-0.4, -0.2) is 45.3 Å². The minimum atomic E-state index is -0.0518. The van der Waals surface area contributed by atoms with Crippen molar-refractivity contribution in [3.8, 4) is 0 Å². The zero-order valence-electron chi connectivity index (χ0n) is 16.9. The molecule has 1 fully saturated rings. The highest BCUT2D eigenvalue weighted by Gasteiger charge is 2.28. The molecule has 0 aliphatic carbocycles. The van der Waals surface area contributed by atoms with Gasteiger partial charge in [0.15, 0.2) is 0 Å². The number of hydrogen-bond donors (Lipinski definition) is 1. The summed E-state index contributed by atoms with van der Waals surface area (Å²) >= 11 is 0. The van der Waals surface area contributed by atoms with Crippen LogP contribution in [-0.2, 0) is 19.4 Å². The number of amides is 1. The van der Waals surface area contributed by atoms with Crippen molar-refractivity contribution in [2.75, 3.05) is 24.5 Å². The highest BCUT2D eigenvalue weighted by Crippen LogP contribution is 2.29. The molecule has 0 atom stereocenters. The van der Waals surface area contributed by atoms with Crippen molar-refractivity contribution in [3.05, 3.63) is 35.5 Å². The van der Waals surface area contributed by atoms with Gasteiger partial charge in [0, 0.05) is 50.6 Å². The molecule has 0 bridgehead atoms. The second kappa shape index (κ2) is 8.29. The molecule has 0 unspecified atom stereocenters. The summed E-state index contributed by atoms with van der Waals surface area (Å²) in [7, 11) is 0. The fraction of sp³-hybridized carbons (Fsp3) is 0.619. The molecular weight excluding hydrogens is 352 g/mol. The van der Waals surface area contributed by atoms with Crippen LogP contribution in [0.1, 0.15) is 55.0 Å². The van der Waals surface area contributed by atoms with Crippen LogP contribution in [0.5, 0.6) is 0 Å². The molecule has 1 saturated heterocycles. The largest absolute Gasteiger partial charge is 0.356 e. The number of fused-ring (bicyclic) bond motifs is 1. The molecular formula is C21H30N6O. The Kier molecular flexibility index (Phi) is 5.59. The number of hydrogen-bond acceptors (Lipinski definition) is 5. The Morgan fingerprint density at radius 2 is 2.07 bits per heavy atom. The van der Waals surface area contributed by atoms with Crippen LogP contribution in [0.25, 0.3) is 0 Å². The van der Waals surface area contributed by atoms with Crippen LogP contribution in [0.15, 0.2) is 18.5 Å². The van der Waals surface area contributed by atoms with E-state index in [0.29, 0.717) is 18.2 Å². The Morgan fingerprint density at radius 1 is 1.25 bits per heavy atom. The fourth-order valence-electron chi connectivity index (χ4n) is 4.22. The zero-order chi connectivity index (χ0) is 19.5. The maximum atomic E-state index is 12.4. The predicted molar refractivity (Wildman–Crippen MR) is 108 cm³/mol. The number of carbonyl (C=O) groups excluding carboxylic acids is 1. The summed E-state index contributed by atoms with van der Waals surface area (Å²) in [5.41, 5.74) is 1.62. The van der Waals surface area contributed by atoms with Crippen molar-refractivity contribution in [1.82, 2.24) is 25.1 Å². The number of aryl methyl sites for hydroxylation is 1. The SMILES string of the molecule is CC(C)Cc1nc2c(c(N3CCC(CCn4cccn4)CC3)n1)CCNC2=O. The summed E-state index contributed by atoms with van der Waals surface area (Å²) in [6, 6.07) is 1.98. The van der Waals surface area contributed by atoms with Gasteiger partial charge in [-0.1, -0.05) is 13.8 Å². The molecule has 2 aromatic rings. The number of carbonyl (C=O) groups is 1. The van der Waals surface area contributed by atoms with Crippen LogP contribution in [0.4, 0.5) is 5.82 Å². The van der Waals surface area contributed by atoms with Gasteiger partial charge in [-0.25, -0.2) is 9.97 Å². The highest BCUT2D eigenvalue weighted by atomic mass is 16.1. The third-order valence-electron chi connectivity index (χ3n) is 5.74. The second-order valence-corrected chi connectivity index (χ2v) is 8.38. The maximum absolute atomic E-state index is 12.4. The van der Waals surface area contributed by atoms with Crippen molar-refractivity contribution < 1.29 is 4.79 Å². The molecule has 2 aromatic heterocycles. The highest BCUT2D eigenvalue weighted by molar-refractivity contribution is 5.96. The fourth-order valence-corrected chi connectivity index (χ4v) is 4.22. The van der Waals surface area contributed by atoms with E-state index >= 15 is 0 Å². The summed E-state index contributed by atoms with van der Waals surface area (Å²) in [4.78, 5) is 24.3. The van der Waals surface area contributed by atoms with E-state index in [-0.39, 0.29) is 5.91 Å². The van der Waals surface area contributed by atoms with E-state index in [4.69, 9.17) is 4.98 Å². The number of piperidine rings is 1. The molecule has 150 valence electrons. The third kappa shape index (κ3) is 4.18. The average Bonchev–Trinajstić information content (AvgIpc) is 3.20. The van der Waals surface area contributed by atoms with Gasteiger partial charge in [-0.15, -0.1) is 0 Å². The first-order valence-corrected chi connectivity index (χ1v) is 10.5. The van der Waals surface area contributed by atoms with Crippen molar-refractivity contribution in [2.24, 2.45) is 11.8 Å². The summed E-state index contributed by atoms with van der Waals surface area (Å²) in [6.07, 6.45) is 8.97. The van der Waals surface area contributed by atoms with Gasteiger partial charge in [0.25, 0.3) is 5.91 Å². The average molecular weight is 383 g/mol. The lowest BCUT2D eigenvalue weighted by Gasteiger charge is -2.35. The van der Waals surface area contributed by atoms with Crippen molar-refractivity contribution >= 4 is 11.7 Å². The molecule has 0 saturated carbocycles. The molecule has 7 heteroatoms. The lowest BCUT2D eigenvalue weighted by atomic mass is 9.93. The van der Waals surface area contributed by atoms with Crippen LogP contribution >= 0.6 is 0 Å². The number of aromatic nitrogens is 4. The summed E-state index contributed by atoms with van der Waals surface area (Å²) in [6.45, 7) is 7.97. The molecule has 0 aromatic carbocycles. The monoisotopic (exact) mass is 382 g/mol. The first kappa shape index (κ1) is 18.9. The molecule has 0 spiro atoms. The first-order valence-electron chi connectivity index (χ1n) is 10.5. The van der Waals surface area contributed by atoms with E-state index in [9.17, 15) is 4.79 Å². The van der Waals surface area contributed by atoms with E-state index in [0.717, 1.165) is 68.4 Å². The lowest BCUT2D eigenvalue weighted by molar-refractivity contribution is 0.0940. The van der Waals surface area contributed by atoms with Gasteiger partial charge in [-0.2, -0.15) is 5.10 Å². The van der Waals surface area contributed by atoms with E-state index in [1.54, 1.807) is 0 Å². The smallest absolute Gasteiger partial charge is 0.270 e. The summed E-state index contributed by atoms with van der Waals surface area (Å²) in [5, 5.41) is 7.23. The van der Waals surface area contributed by atoms with Crippen molar-refractivity contribution in [2.45, 2.75) is 52.5 Å². The normalized spacial score (nSPS) is 17.7. The summed E-state index contributed by atoms with van der Waals surface area (Å²) < 4.78 is 2.02. The Balaban J connectivity index is 1.47. The molecule has 4 heterocycles. The van der Waals surface area contributed by atoms with Gasteiger partial charge >= 0.3 is 0 Å². The number of nitrogens with one attached hydrogen (secondary N) is 1. The van der Waals surface area contributed by atoms with Gasteiger partial charge in [-0.05, 0) is 43.6 Å². The Morgan fingerprint density at radius 3 is 2.79 bits per heavy atom. The minimum Gasteiger partial charge on any atom is -0.356 e. The summed E-state index contributed by atoms with van der Waals surface area (Å²) in [5.74, 6) is 2.92. The number of nitrogens with zero attached hydrogens (tertiary/aromatic N) is 5. The third-order valence-corrected chi connectivity index (χ3v) is 5.74. The maximum Gasteiger partial charge on any atom is 0.270 e. The van der Waals surface area contributed by atoms with E-state index in [2.05, 4.69) is 34.1 Å². The Labute approximate surface area is 166 Å². The van der Waals surface area contributed by atoms with Crippen LogP contribution in [0.2, 0.25) is 0 Å². The minimum absolute atomic E-state index is 0.0518. The number of rotatable bonds is 6. The molecule has 2 aliphatic rings. The first-order chi connectivity index (χ1) is 13.6. The topological polar surface area (TPSA) is 75.9 Å². The van der Waals surface area contributed by atoms with Gasteiger partial charge in [0.1, 0.15) is 17.3 Å². The zero-order valence-corrected chi connectivity index (χ0v) is 16.9. The van der Waals surface area contributed by atoms with Crippen molar-refractivity contribution in [1.29, 1.82) is 0 Å². The van der Waals surface area contributed by atoms with E-state index in [1.807, 2.05) is 23.1 Å². The van der Waals surface area contributed by atoms with Gasteiger partial charge < -0.3 is 10.2 Å². The van der Waals surface area contributed by atoms with Crippen LogP contribution in [0, 0.1) is 11.8 Å². The van der Waals surface area contributed by atoms with Crippen LogP contribution < -0.4 is 10.2 Å². The molecule has 1 N–H and O–H groups in total. The molecule has 0 radical (unpaired) electrons. The standard InChI is InChI=1S/C21H30N6O/c1-15(2)14-18-24-19-17(4-9-22-21(19)28)20(25-18)26-11-5-16(6-12-26)7-13-27-10-3-8-23-27/h3,8,10,15-16H,4-7,9,11-14H2,1-2H3,(H,22,28). The van der Waals surface area contributed by atoms with Gasteiger partial charge in [0.2, 0.25) is 0 Å². The Bertz CT molecular complexity index is 809. The predicted octanol–water partition coefficient (Wildman–Crippen LogP) is 2.46. The van der Waals surface area contributed by atoms with Crippen LogP contribution in [0.3, 0.4) is 0 Å². The molecule has 28 heavy (non-hydrogen) atoms. The molecule has 2 aliphatic heterocycles. The second-order valence-electron chi connectivity index (χ2n) is 8.38.